The van der Waals surface area contributed by atoms with Gasteiger partial charge in [0, 0.05) is 31.4 Å². The third kappa shape index (κ3) is 2.21. The molecule has 35 heavy (non-hydrogen) atoms. The van der Waals surface area contributed by atoms with Crippen molar-refractivity contribution in [1.29, 1.82) is 0 Å². The van der Waals surface area contributed by atoms with Crippen LogP contribution in [0.15, 0.2) is 79.3 Å². The van der Waals surface area contributed by atoms with E-state index in [1.54, 1.807) is 0 Å². The van der Waals surface area contributed by atoms with Gasteiger partial charge >= 0.3 is 0 Å². The van der Waals surface area contributed by atoms with Crippen molar-refractivity contribution in [2.75, 3.05) is 4.90 Å². The Kier molecular flexibility index (Phi) is 3.24. The van der Waals surface area contributed by atoms with Gasteiger partial charge in [-0.1, -0.05) is 42.5 Å². The minimum absolute atomic E-state index is 0.894. The van der Waals surface area contributed by atoms with E-state index in [0.29, 0.717) is 0 Å². The lowest BCUT2D eigenvalue weighted by atomic mass is 9.87. The number of hydrogen-bond donors (Lipinski definition) is 0. The smallest absolute Gasteiger partial charge is 0.0716 e. The number of anilines is 3. The molecule has 0 bridgehead atoms. The Hall–Kier alpha value is -4.24. The molecule has 0 spiro atoms. The number of pyridine rings is 2. The third-order valence-electron chi connectivity index (χ3n) is 8.51. The maximum Gasteiger partial charge on any atom is 0.0716 e. The lowest BCUT2D eigenvalue weighted by Gasteiger charge is -2.39. The minimum atomic E-state index is 0.894. The monoisotopic (exact) mass is 447 g/mol. The molecule has 3 nitrogen and oxygen atoms in total. The standard InChI is InChI=1S/C32H21N3/c1-2-4-22-18(3-1)13-19-5-6-24-23-7-8-30-26(25(23)15-27(24)31(19)22)16-28-32-20(9-12-34-28)14-21-17-33-11-10-29(21)35(30)32/h1-12,17H,13-16H2. The van der Waals surface area contributed by atoms with E-state index in [9.17, 15) is 0 Å². The summed E-state index contributed by atoms with van der Waals surface area (Å²) in [6, 6.07) is 22.7. The Balaban J connectivity index is 1.28. The highest BCUT2D eigenvalue weighted by atomic mass is 15.2. The molecular formula is C32H21N3. The van der Waals surface area contributed by atoms with Crippen LogP contribution in [0, 0.1) is 0 Å². The van der Waals surface area contributed by atoms with E-state index in [1.165, 1.54) is 84.0 Å². The zero-order valence-corrected chi connectivity index (χ0v) is 19.2. The first-order valence-electron chi connectivity index (χ1n) is 12.4. The minimum Gasteiger partial charge on any atom is -0.308 e. The SMILES string of the molecule is c1ccc2c(c1)Cc1ccc3c(c1-2)Cc1c-3ccc2c1Cc1nccc3c1N2c1ccncc1C3. The van der Waals surface area contributed by atoms with Gasteiger partial charge < -0.3 is 4.90 Å². The topological polar surface area (TPSA) is 29.0 Å². The largest absolute Gasteiger partial charge is 0.308 e. The third-order valence-corrected chi connectivity index (χ3v) is 8.51. The zero-order valence-electron chi connectivity index (χ0n) is 19.2. The zero-order chi connectivity index (χ0) is 22.7. The summed E-state index contributed by atoms with van der Waals surface area (Å²) in [4.78, 5) is 11.8. The van der Waals surface area contributed by atoms with Gasteiger partial charge in [-0.25, -0.2) is 0 Å². The van der Waals surface area contributed by atoms with Gasteiger partial charge in [0.05, 0.1) is 22.8 Å². The summed E-state index contributed by atoms with van der Waals surface area (Å²) in [5.74, 6) is 0. The van der Waals surface area contributed by atoms with E-state index in [4.69, 9.17) is 4.98 Å². The van der Waals surface area contributed by atoms with Crippen molar-refractivity contribution in [3.63, 3.8) is 0 Å². The van der Waals surface area contributed by atoms with Gasteiger partial charge in [-0.3, -0.25) is 9.97 Å². The van der Waals surface area contributed by atoms with Crippen molar-refractivity contribution >= 4 is 17.1 Å². The fourth-order valence-electron chi connectivity index (χ4n) is 7.06. The molecule has 0 saturated heterocycles. The van der Waals surface area contributed by atoms with Crippen LogP contribution < -0.4 is 4.90 Å². The van der Waals surface area contributed by atoms with Crippen LogP contribution in [0.4, 0.5) is 17.1 Å². The second-order valence-electron chi connectivity index (χ2n) is 10.2. The van der Waals surface area contributed by atoms with Crippen LogP contribution in [0.25, 0.3) is 22.3 Å². The van der Waals surface area contributed by atoms with Crippen molar-refractivity contribution in [3.8, 4) is 22.3 Å². The Morgan fingerprint density at radius 3 is 2.46 bits per heavy atom. The average molecular weight is 448 g/mol. The van der Waals surface area contributed by atoms with Crippen LogP contribution in [0.3, 0.4) is 0 Å². The molecule has 3 heteroatoms. The van der Waals surface area contributed by atoms with Gasteiger partial charge in [0.2, 0.25) is 0 Å². The molecule has 0 radical (unpaired) electrons. The van der Waals surface area contributed by atoms with Crippen molar-refractivity contribution in [2.45, 2.75) is 25.7 Å². The van der Waals surface area contributed by atoms with Crippen LogP contribution in [-0.2, 0) is 25.7 Å². The van der Waals surface area contributed by atoms with Crippen LogP contribution in [0.1, 0.15) is 44.6 Å². The first kappa shape index (κ1) is 18.1. The van der Waals surface area contributed by atoms with Gasteiger partial charge in [0.25, 0.3) is 0 Å². The Labute approximate surface area is 203 Å². The van der Waals surface area contributed by atoms with Gasteiger partial charge in [-0.05, 0) is 92.2 Å². The number of benzene rings is 3. The van der Waals surface area contributed by atoms with E-state index >= 15 is 0 Å². The van der Waals surface area contributed by atoms with Crippen LogP contribution in [0.2, 0.25) is 0 Å². The summed E-state index contributed by atoms with van der Waals surface area (Å²) in [6.07, 6.45) is 9.78. The highest BCUT2D eigenvalue weighted by molar-refractivity contribution is 5.94. The van der Waals surface area contributed by atoms with E-state index in [-0.39, 0.29) is 0 Å². The lowest BCUT2D eigenvalue weighted by Crippen LogP contribution is -2.26. The average Bonchev–Trinajstić information content (AvgIpc) is 3.47. The Morgan fingerprint density at radius 1 is 0.571 bits per heavy atom. The normalized spacial score (nSPS) is 14.9. The predicted octanol–water partition coefficient (Wildman–Crippen LogP) is 6.90. The van der Waals surface area contributed by atoms with E-state index < -0.39 is 0 Å². The quantitative estimate of drug-likeness (QED) is 0.253. The molecule has 0 amide bonds. The summed E-state index contributed by atoms with van der Waals surface area (Å²) in [6.45, 7) is 0. The van der Waals surface area contributed by atoms with Crippen LogP contribution in [-0.4, -0.2) is 9.97 Å². The molecule has 5 aromatic rings. The molecule has 164 valence electrons. The fourth-order valence-corrected chi connectivity index (χ4v) is 7.06. The van der Waals surface area contributed by atoms with Gasteiger partial charge in [0.1, 0.15) is 0 Å². The van der Waals surface area contributed by atoms with Crippen LogP contribution in [0.5, 0.6) is 0 Å². The fraction of sp³-hybridized carbons (Fsp3) is 0.125. The van der Waals surface area contributed by atoms with Crippen molar-refractivity contribution in [1.82, 2.24) is 9.97 Å². The number of hydrogen-bond acceptors (Lipinski definition) is 3. The van der Waals surface area contributed by atoms with Crippen molar-refractivity contribution in [3.05, 3.63) is 124 Å². The maximum absolute atomic E-state index is 4.89. The molecule has 0 saturated carbocycles. The first-order valence-corrected chi connectivity index (χ1v) is 12.4. The van der Waals surface area contributed by atoms with Crippen LogP contribution >= 0.6 is 0 Å². The molecule has 3 aromatic carbocycles. The second-order valence-corrected chi connectivity index (χ2v) is 10.2. The summed E-state index contributed by atoms with van der Waals surface area (Å²) in [5, 5.41) is 0. The highest BCUT2D eigenvalue weighted by Crippen LogP contribution is 2.54. The first-order chi connectivity index (χ1) is 17.3. The Bertz CT molecular complexity index is 1760. The molecule has 2 aliphatic carbocycles. The maximum atomic E-state index is 4.89. The second kappa shape index (κ2) is 6.25. The van der Waals surface area contributed by atoms with E-state index in [1.807, 2.05) is 18.6 Å². The number of rotatable bonds is 0. The molecule has 0 N–H and O–H groups in total. The summed E-state index contributed by atoms with van der Waals surface area (Å²) < 4.78 is 0. The van der Waals surface area contributed by atoms with E-state index in [2.05, 4.69) is 70.5 Å². The highest BCUT2D eigenvalue weighted by Gasteiger charge is 2.36. The molecule has 2 aliphatic heterocycles. The van der Waals surface area contributed by atoms with Crippen molar-refractivity contribution in [2.24, 2.45) is 0 Å². The molecular weight excluding hydrogens is 426 g/mol. The molecule has 4 aliphatic rings. The molecule has 4 heterocycles. The number of aromatic nitrogens is 2. The van der Waals surface area contributed by atoms with E-state index in [0.717, 1.165) is 25.7 Å². The number of fused-ring (bicyclic) bond motifs is 12. The van der Waals surface area contributed by atoms with Gasteiger partial charge in [-0.2, -0.15) is 0 Å². The van der Waals surface area contributed by atoms with Gasteiger partial charge in [0.15, 0.2) is 0 Å². The summed E-state index contributed by atoms with van der Waals surface area (Å²) in [5.41, 5.74) is 20.7. The molecule has 2 aromatic heterocycles. The number of nitrogens with zero attached hydrogens (tertiary/aromatic N) is 3. The van der Waals surface area contributed by atoms with Gasteiger partial charge in [-0.15, -0.1) is 0 Å². The molecule has 0 fully saturated rings. The Morgan fingerprint density at radius 2 is 1.46 bits per heavy atom. The molecule has 9 rings (SSSR count). The molecule has 0 atom stereocenters. The van der Waals surface area contributed by atoms with Crippen molar-refractivity contribution < 1.29 is 0 Å². The lowest BCUT2D eigenvalue weighted by molar-refractivity contribution is 0.944. The summed E-state index contributed by atoms with van der Waals surface area (Å²) in [7, 11) is 0. The molecule has 0 unspecified atom stereocenters. The summed E-state index contributed by atoms with van der Waals surface area (Å²) >= 11 is 0. The predicted molar refractivity (Wildman–Crippen MR) is 139 cm³/mol.